The summed E-state index contributed by atoms with van der Waals surface area (Å²) in [5.41, 5.74) is 1.09. The zero-order valence-corrected chi connectivity index (χ0v) is 14.1. The molecule has 1 aromatic rings. The van der Waals surface area contributed by atoms with E-state index in [0.29, 0.717) is 26.4 Å². The predicted molar refractivity (Wildman–Crippen MR) is 82.6 cm³/mol. The van der Waals surface area contributed by atoms with Gasteiger partial charge in [-0.2, -0.15) is 0 Å². The molecule has 2 N–H and O–H groups in total. The highest BCUT2D eigenvalue weighted by Crippen LogP contribution is 2.32. The van der Waals surface area contributed by atoms with Gasteiger partial charge in [0.1, 0.15) is 5.75 Å². The molecule has 0 saturated heterocycles. The van der Waals surface area contributed by atoms with Gasteiger partial charge in [0.15, 0.2) is 0 Å². The number of ether oxygens (including phenoxy) is 2. The molecule has 0 heterocycles. The van der Waals surface area contributed by atoms with Gasteiger partial charge in [-0.25, -0.2) is 0 Å². The molecule has 1 rings (SSSR count). The topological polar surface area (TPSA) is 50.7 Å². The molecule has 0 aliphatic carbocycles. The van der Waals surface area contributed by atoms with Gasteiger partial charge in [-0.05, 0) is 35.0 Å². The molecule has 0 radical (unpaired) electrons. The van der Waals surface area contributed by atoms with Crippen LogP contribution in [0.3, 0.4) is 0 Å². The van der Waals surface area contributed by atoms with E-state index < -0.39 is 0 Å². The van der Waals surface area contributed by atoms with Crippen molar-refractivity contribution in [2.24, 2.45) is 0 Å². The zero-order valence-electron chi connectivity index (χ0n) is 10.9. The maximum Gasteiger partial charge on any atom is 0.138 e. The summed E-state index contributed by atoms with van der Waals surface area (Å²) in [5, 5.41) is 11.9. The van der Waals surface area contributed by atoms with Crippen molar-refractivity contribution in [3.63, 3.8) is 0 Å². The molecule has 0 aliphatic rings. The number of hydrogen-bond acceptors (Lipinski definition) is 4. The number of aliphatic hydroxyl groups excluding tert-OH is 1. The Labute approximate surface area is 130 Å². The van der Waals surface area contributed by atoms with Crippen LogP contribution in [0.15, 0.2) is 21.1 Å². The lowest BCUT2D eigenvalue weighted by atomic mass is 10.2. The zero-order chi connectivity index (χ0) is 14.1. The van der Waals surface area contributed by atoms with Crippen molar-refractivity contribution in [3.8, 4) is 5.75 Å². The van der Waals surface area contributed by atoms with Crippen molar-refractivity contribution >= 4 is 31.9 Å². The molecule has 0 aromatic heterocycles. The number of halogens is 2. The first kappa shape index (κ1) is 16.9. The lowest BCUT2D eigenvalue weighted by Crippen LogP contribution is -2.20. The highest BCUT2D eigenvalue weighted by atomic mass is 79.9. The van der Waals surface area contributed by atoms with Crippen molar-refractivity contribution in [3.05, 3.63) is 26.6 Å². The first-order valence-electron chi connectivity index (χ1n) is 6.19. The average Bonchev–Trinajstić information content (AvgIpc) is 2.37. The number of benzene rings is 1. The SMILES string of the molecule is CCOc1c(Br)cc(Br)cc1CNCCOCCO. The van der Waals surface area contributed by atoms with Gasteiger partial charge in [0.25, 0.3) is 0 Å². The van der Waals surface area contributed by atoms with Gasteiger partial charge < -0.3 is 19.9 Å². The largest absolute Gasteiger partial charge is 0.492 e. The van der Waals surface area contributed by atoms with E-state index in [4.69, 9.17) is 14.6 Å². The maximum atomic E-state index is 8.58. The van der Waals surface area contributed by atoms with E-state index in [2.05, 4.69) is 37.2 Å². The molecule has 4 nitrogen and oxygen atoms in total. The smallest absolute Gasteiger partial charge is 0.138 e. The lowest BCUT2D eigenvalue weighted by Gasteiger charge is -2.13. The summed E-state index contributed by atoms with van der Waals surface area (Å²) in [5.74, 6) is 0.870. The van der Waals surface area contributed by atoms with Crippen molar-refractivity contribution < 1.29 is 14.6 Å². The van der Waals surface area contributed by atoms with E-state index in [9.17, 15) is 0 Å². The third-order valence-electron chi connectivity index (χ3n) is 2.35. The van der Waals surface area contributed by atoms with Crippen LogP contribution in [0.5, 0.6) is 5.75 Å². The Balaban J connectivity index is 2.51. The van der Waals surface area contributed by atoms with E-state index >= 15 is 0 Å². The summed E-state index contributed by atoms with van der Waals surface area (Å²) in [7, 11) is 0. The Morgan fingerprint density at radius 2 is 2.05 bits per heavy atom. The summed E-state index contributed by atoms with van der Waals surface area (Å²) in [6, 6.07) is 4.01. The predicted octanol–water partition coefficient (Wildman–Crippen LogP) is 2.71. The first-order chi connectivity index (χ1) is 9.19. The first-order valence-corrected chi connectivity index (χ1v) is 7.77. The van der Waals surface area contributed by atoms with Crippen molar-refractivity contribution in [1.29, 1.82) is 0 Å². The average molecular weight is 397 g/mol. The number of hydrogen-bond donors (Lipinski definition) is 2. The quantitative estimate of drug-likeness (QED) is 0.630. The van der Waals surface area contributed by atoms with Crippen LogP contribution in [0.4, 0.5) is 0 Å². The lowest BCUT2D eigenvalue weighted by molar-refractivity contribution is 0.0937. The normalized spacial score (nSPS) is 10.7. The maximum absolute atomic E-state index is 8.58. The van der Waals surface area contributed by atoms with Crippen LogP contribution in [0.25, 0.3) is 0 Å². The molecule has 0 fully saturated rings. The van der Waals surface area contributed by atoms with Gasteiger partial charge in [0.05, 0.1) is 30.9 Å². The second-order valence-electron chi connectivity index (χ2n) is 3.82. The molecule has 0 amide bonds. The van der Waals surface area contributed by atoms with Gasteiger partial charge in [-0.1, -0.05) is 15.9 Å². The minimum Gasteiger partial charge on any atom is -0.492 e. The van der Waals surface area contributed by atoms with Gasteiger partial charge in [-0.3, -0.25) is 0 Å². The number of aliphatic hydroxyl groups is 1. The van der Waals surface area contributed by atoms with Gasteiger partial charge in [0, 0.05) is 23.1 Å². The molecule has 108 valence electrons. The van der Waals surface area contributed by atoms with Crippen molar-refractivity contribution in [2.75, 3.05) is 33.0 Å². The fourth-order valence-electron chi connectivity index (χ4n) is 1.58. The molecule has 0 unspecified atom stereocenters. The van der Waals surface area contributed by atoms with Crippen LogP contribution >= 0.6 is 31.9 Å². The monoisotopic (exact) mass is 395 g/mol. The second kappa shape index (κ2) is 9.72. The van der Waals surface area contributed by atoms with Gasteiger partial charge in [0.2, 0.25) is 0 Å². The van der Waals surface area contributed by atoms with Crippen molar-refractivity contribution in [1.82, 2.24) is 5.32 Å². The highest BCUT2D eigenvalue weighted by Gasteiger charge is 2.09. The molecular formula is C13H19Br2NO3. The van der Waals surface area contributed by atoms with Crippen LogP contribution < -0.4 is 10.1 Å². The van der Waals surface area contributed by atoms with Crippen LogP contribution in [0, 0.1) is 0 Å². The standard InChI is InChI=1S/C13H19Br2NO3/c1-2-19-13-10(7-11(14)8-12(13)15)9-16-3-5-18-6-4-17/h7-8,16-17H,2-6,9H2,1H3. The van der Waals surface area contributed by atoms with E-state index in [1.165, 1.54) is 0 Å². The Bertz CT molecular complexity index is 388. The minimum atomic E-state index is 0.0626. The molecule has 0 aliphatic heterocycles. The van der Waals surface area contributed by atoms with E-state index in [-0.39, 0.29) is 6.61 Å². The van der Waals surface area contributed by atoms with Crippen LogP contribution in [-0.2, 0) is 11.3 Å². The molecule has 0 spiro atoms. The molecule has 6 heteroatoms. The highest BCUT2D eigenvalue weighted by molar-refractivity contribution is 9.11. The van der Waals surface area contributed by atoms with Crippen LogP contribution in [0.1, 0.15) is 12.5 Å². The third kappa shape index (κ3) is 6.23. The summed E-state index contributed by atoms with van der Waals surface area (Å²) >= 11 is 6.98. The van der Waals surface area contributed by atoms with E-state index in [1.54, 1.807) is 0 Å². The number of nitrogens with one attached hydrogen (secondary N) is 1. The fraction of sp³-hybridized carbons (Fsp3) is 0.538. The van der Waals surface area contributed by atoms with Gasteiger partial charge >= 0.3 is 0 Å². The molecule has 0 bridgehead atoms. The summed E-state index contributed by atoms with van der Waals surface area (Å²) in [6.45, 7) is 5.06. The minimum absolute atomic E-state index is 0.0626. The summed E-state index contributed by atoms with van der Waals surface area (Å²) < 4.78 is 12.8. The van der Waals surface area contributed by atoms with Crippen LogP contribution in [-0.4, -0.2) is 38.1 Å². The Hall–Kier alpha value is -0.140. The third-order valence-corrected chi connectivity index (χ3v) is 3.40. The molecule has 0 saturated carbocycles. The fourth-order valence-corrected chi connectivity index (χ4v) is 3.01. The second-order valence-corrected chi connectivity index (χ2v) is 5.59. The Morgan fingerprint density at radius 3 is 2.74 bits per heavy atom. The van der Waals surface area contributed by atoms with E-state index in [0.717, 1.165) is 26.8 Å². The van der Waals surface area contributed by atoms with Gasteiger partial charge in [-0.15, -0.1) is 0 Å². The molecule has 19 heavy (non-hydrogen) atoms. The summed E-state index contributed by atoms with van der Waals surface area (Å²) in [6.07, 6.45) is 0. The molecule has 0 atom stereocenters. The Morgan fingerprint density at radius 1 is 1.26 bits per heavy atom. The molecule has 1 aromatic carbocycles. The number of rotatable bonds is 9. The Kier molecular flexibility index (Phi) is 8.65. The molecular weight excluding hydrogens is 378 g/mol. The van der Waals surface area contributed by atoms with Crippen LogP contribution in [0.2, 0.25) is 0 Å². The van der Waals surface area contributed by atoms with E-state index in [1.807, 2.05) is 19.1 Å². The van der Waals surface area contributed by atoms with Crippen molar-refractivity contribution in [2.45, 2.75) is 13.5 Å². The summed E-state index contributed by atoms with van der Waals surface area (Å²) in [4.78, 5) is 0.